The van der Waals surface area contributed by atoms with Crippen molar-refractivity contribution >= 4 is 35.6 Å². The van der Waals surface area contributed by atoms with Crippen LogP contribution in [0.15, 0.2) is 36.7 Å². The van der Waals surface area contributed by atoms with Crippen LogP contribution in [0.2, 0.25) is 0 Å². The summed E-state index contributed by atoms with van der Waals surface area (Å²) in [6.07, 6.45) is 7.61. The summed E-state index contributed by atoms with van der Waals surface area (Å²) in [6.45, 7) is 1.72. The van der Waals surface area contributed by atoms with Gasteiger partial charge in [0.1, 0.15) is 12.3 Å². The third-order valence-electron chi connectivity index (χ3n) is 6.06. The van der Waals surface area contributed by atoms with Gasteiger partial charge in [-0.25, -0.2) is 0 Å². The second-order valence-electron chi connectivity index (χ2n) is 7.89. The Balaban J connectivity index is 0.00000256. The lowest BCUT2D eigenvalue weighted by molar-refractivity contribution is -0.128. The topological polar surface area (TPSA) is 97.3 Å². The third kappa shape index (κ3) is 4.60. The second kappa shape index (κ2) is 9.49. The van der Waals surface area contributed by atoms with E-state index in [0.29, 0.717) is 17.3 Å². The van der Waals surface area contributed by atoms with Crippen molar-refractivity contribution in [2.75, 3.05) is 30.8 Å². The van der Waals surface area contributed by atoms with E-state index in [1.165, 1.54) is 11.1 Å². The molecular weight excluding hydrogens is 406 g/mol. The Bertz CT molecular complexity index is 885. The molecule has 2 amide bonds. The summed E-state index contributed by atoms with van der Waals surface area (Å²) in [6, 6.07) is 7.13. The van der Waals surface area contributed by atoms with Gasteiger partial charge >= 0.3 is 0 Å². The van der Waals surface area contributed by atoms with E-state index in [0.717, 1.165) is 38.1 Å². The SMILES string of the molecule is COc1ccc(NC(=O)Cn2cc(NC(=O)[C@@]34CCCC[C@H]3CNC4)cn2)cc1.Cl. The number of amides is 2. The maximum absolute atomic E-state index is 13.0. The number of nitrogens with one attached hydrogen (secondary N) is 3. The number of carbonyl (C=O) groups is 2. The molecule has 3 N–H and O–H groups in total. The number of halogens is 1. The average molecular weight is 434 g/mol. The zero-order chi connectivity index (χ0) is 20.3. The van der Waals surface area contributed by atoms with E-state index in [1.54, 1.807) is 43.8 Å². The van der Waals surface area contributed by atoms with Crippen LogP contribution in [0, 0.1) is 11.3 Å². The highest BCUT2D eigenvalue weighted by Gasteiger charge is 2.49. The van der Waals surface area contributed by atoms with Gasteiger partial charge in [-0.2, -0.15) is 5.10 Å². The number of methoxy groups -OCH3 is 1. The molecule has 2 atom stereocenters. The third-order valence-corrected chi connectivity index (χ3v) is 6.06. The van der Waals surface area contributed by atoms with Crippen LogP contribution >= 0.6 is 12.4 Å². The Morgan fingerprint density at radius 1 is 1.23 bits per heavy atom. The molecule has 2 heterocycles. The van der Waals surface area contributed by atoms with Crippen LogP contribution in [0.3, 0.4) is 0 Å². The number of aromatic nitrogens is 2. The predicted octanol–water partition coefficient (Wildman–Crippen LogP) is 2.67. The van der Waals surface area contributed by atoms with E-state index < -0.39 is 0 Å². The average Bonchev–Trinajstić information content (AvgIpc) is 3.36. The van der Waals surface area contributed by atoms with Crippen molar-refractivity contribution in [3.05, 3.63) is 36.7 Å². The molecule has 4 rings (SSSR count). The summed E-state index contributed by atoms with van der Waals surface area (Å²) in [4.78, 5) is 25.3. The number of fused-ring (bicyclic) bond motifs is 1. The van der Waals surface area contributed by atoms with Gasteiger partial charge < -0.3 is 20.7 Å². The lowest BCUT2D eigenvalue weighted by Gasteiger charge is -2.36. The Hall–Kier alpha value is -2.58. The molecule has 2 aliphatic rings. The van der Waals surface area contributed by atoms with Crippen LogP contribution < -0.4 is 20.7 Å². The van der Waals surface area contributed by atoms with E-state index >= 15 is 0 Å². The van der Waals surface area contributed by atoms with Gasteiger partial charge in [0.25, 0.3) is 0 Å². The van der Waals surface area contributed by atoms with Gasteiger partial charge in [-0.05, 0) is 49.6 Å². The fraction of sp³-hybridized carbons (Fsp3) is 0.476. The first-order valence-electron chi connectivity index (χ1n) is 10.1. The lowest BCUT2D eigenvalue weighted by Crippen LogP contribution is -2.44. The van der Waals surface area contributed by atoms with Gasteiger partial charge in [-0.1, -0.05) is 12.8 Å². The molecule has 2 aromatic rings. The van der Waals surface area contributed by atoms with Crippen LogP contribution in [0.1, 0.15) is 25.7 Å². The summed E-state index contributed by atoms with van der Waals surface area (Å²) in [5.41, 5.74) is 0.997. The molecule has 9 heteroatoms. The fourth-order valence-corrected chi connectivity index (χ4v) is 4.48. The Labute approximate surface area is 182 Å². The normalized spacial score (nSPS) is 22.5. The molecule has 1 aromatic heterocycles. The second-order valence-corrected chi connectivity index (χ2v) is 7.89. The quantitative estimate of drug-likeness (QED) is 0.650. The summed E-state index contributed by atoms with van der Waals surface area (Å²) >= 11 is 0. The van der Waals surface area contributed by atoms with Crippen LogP contribution in [0.5, 0.6) is 5.75 Å². The number of ether oxygens (including phenoxy) is 1. The predicted molar refractivity (Wildman–Crippen MR) is 117 cm³/mol. The van der Waals surface area contributed by atoms with Crippen LogP contribution in [-0.4, -0.2) is 41.8 Å². The highest BCUT2D eigenvalue weighted by Crippen LogP contribution is 2.44. The first-order chi connectivity index (χ1) is 14.1. The summed E-state index contributed by atoms with van der Waals surface area (Å²) in [5, 5.41) is 13.4. The Morgan fingerprint density at radius 2 is 2.03 bits per heavy atom. The zero-order valence-electron chi connectivity index (χ0n) is 17.0. The Morgan fingerprint density at radius 3 is 2.80 bits per heavy atom. The number of anilines is 2. The van der Waals surface area contributed by atoms with Crippen molar-refractivity contribution in [3.63, 3.8) is 0 Å². The minimum absolute atomic E-state index is 0. The van der Waals surface area contributed by atoms with Crippen molar-refractivity contribution in [1.82, 2.24) is 15.1 Å². The van der Waals surface area contributed by atoms with Gasteiger partial charge in [-0.15, -0.1) is 12.4 Å². The molecule has 30 heavy (non-hydrogen) atoms. The van der Waals surface area contributed by atoms with E-state index in [9.17, 15) is 9.59 Å². The highest BCUT2D eigenvalue weighted by atomic mass is 35.5. The maximum Gasteiger partial charge on any atom is 0.246 e. The smallest absolute Gasteiger partial charge is 0.246 e. The van der Waals surface area contributed by atoms with Crippen LogP contribution in [-0.2, 0) is 16.1 Å². The zero-order valence-corrected chi connectivity index (χ0v) is 17.8. The number of rotatable bonds is 6. The lowest BCUT2D eigenvalue weighted by atomic mass is 9.67. The van der Waals surface area contributed by atoms with E-state index in [1.807, 2.05) is 0 Å². The van der Waals surface area contributed by atoms with Crippen molar-refractivity contribution in [2.45, 2.75) is 32.2 Å². The fourth-order valence-electron chi connectivity index (χ4n) is 4.48. The number of hydrogen-bond donors (Lipinski definition) is 3. The van der Waals surface area contributed by atoms with Gasteiger partial charge in [-0.3, -0.25) is 14.3 Å². The van der Waals surface area contributed by atoms with Gasteiger partial charge in [0.05, 0.1) is 24.4 Å². The number of hydrogen-bond acceptors (Lipinski definition) is 5. The first kappa shape index (κ1) is 22.1. The first-order valence-corrected chi connectivity index (χ1v) is 10.1. The molecular formula is C21H28ClN5O3. The van der Waals surface area contributed by atoms with Crippen molar-refractivity contribution in [3.8, 4) is 5.75 Å². The number of carbonyl (C=O) groups excluding carboxylic acids is 2. The van der Waals surface area contributed by atoms with Gasteiger partial charge in [0.15, 0.2) is 0 Å². The maximum atomic E-state index is 13.0. The minimum atomic E-state index is -0.313. The molecule has 1 aliphatic carbocycles. The summed E-state index contributed by atoms with van der Waals surface area (Å²) in [7, 11) is 1.60. The standard InChI is InChI=1S/C21H27N5O3.ClH/c1-29-18-7-5-16(6-8-18)24-19(27)13-26-12-17(11-23-26)25-20(28)21-9-3-2-4-15(21)10-22-14-21;/h5-8,11-12,15,22H,2-4,9-10,13-14H2,1H3,(H,24,27)(H,25,28);1H/t15-,21+;/m0./s1. The van der Waals surface area contributed by atoms with Crippen molar-refractivity contribution in [2.24, 2.45) is 11.3 Å². The molecule has 2 fully saturated rings. The molecule has 1 aliphatic heterocycles. The van der Waals surface area contributed by atoms with Gasteiger partial charge in [0, 0.05) is 18.4 Å². The largest absolute Gasteiger partial charge is 0.497 e. The molecule has 0 unspecified atom stereocenters. The number of nitrogens with zero attached hydrogens (tertiary/aromatic N) is 2. The molecule has 1 aromatic carbocycles. The Kier molecular flexibility index (Phi) is 6.99. The molecule has 0 bridgehead atoms. The van der Waals surface area contributed by atoms with Crippen molar-refractivity contribution < 1.29 is 14.3 Å². The van der Waals surface area contributed by atoms with E-state index in [2.05, 4.69) is 21.0 Å². The molecule has 162 valence electrons. The molecule has 0 radical (unpaired) electrons. The highest BCUT2D eigenvalue weighted by molar-refractivity contribution is 5.96. The molecule has 0 spiro atoms. The van der Waals surface area contributed by atoms with Gasteiger partial charge in [0.2, 0.25) is 11.8 Å². The van der Waals surface area contributed by atoms with Crippen LogP contribution in [0.4, 0.5) is 11.4 Å². The molecule has 8 nitrogen and oxygen atoms in total. The van der Waals surface area contributed by atoms with E-state index in [-0.39, 0.29) is 36.2 Å². The summed E-state index contributed by atoms with van der Waals surface area (Å²) < 4.78 is 6.63. The summed E-state index contributed by atoms with van der Waals surface area (Å²) in [5.74, 6) is 1.01. The number of benzene rings is 1. The van der Waals surface area contributed by atoms with Crippen molar-refractivity contribution in [1.29, 1.82) is 0 Å². The van der Waals surface area contributed by atoms with Crippen LogP contribution in [0.25, 0.3) is 0 Å². The van der Waals surface area contributed by atoms with E-state index in [4.69, 9.17) is 4.74 Å². The minimum Gasteiger partial charge on any atom is -0.497 e. The molecule has 1 saturated heterocycles. The molecule has 1 saturated carbocycles. The monoisotopic (exact) mass is 433 g/mol.